The molecule has 0 N–H and O–H groups in total. The van der Waals surface area contributed by atoms with Crippen molar-refractivity contribution in [2.24, 2.45) is 10.8 Å². The van der Waals surface area contributed by atoms with Crippen molar-refractivity contribution in [2.45, 2.75) is 60.7 Å². The molecule has 154 valence electrons. The van der Waals surface area contributed by atoms with Gasteiger partial charge in [-0.2, -0.15) is 0 Å². The van der Waals surface area contributed by atoms with Crippen LogP contribution in [0.4, 0.5) is 0 Å². The van der Waals surface area contributed by atoms with Gasteiger partial charge in [-0.1, -0.05) is 71.9 Å². The van der Waals surface area contributed by atoms with Crippen LogP contribution in [0.1, 0.15) is 59.9 Å². The Balaban J connectivity index is 1.85. The van der Waals surface area contributed by atoms with Crippen molar-refractivity contribution in [3.05, 3.63) is 60.2 Å². The predicted molar refractivity (Wildman–Crippen MR) is 116 cm³/mol. The molecule has 0 spiro atoms. The number of para-hydroxylation sites is 1. The van der Waals surface area contributed by atoms with Crippen LogP contribution < -0.4 is 9.47 Å². The van der Waals surface area contributed by atoms with E-state index in [2.05, 4.69) is 53.7 Å². The minimum Gasteiger partial charge on any atom is -0.491 e. The van der Waals surface area contributed by atoms with Crippen LogP contribution in [0.2, 0.25) is 0 Å². The molecule has 28 heavy (non-hydrogen) atoms. The summed E-state index contributed by atoms with van der Waals surface area (Å²) in [5, 5.41) is 0. The number of hydrogen-bond acceptors (Lipinski definition) is 3. The highest BCUT2D eigenvalue weighted by Gasteiger charge is 2.35. The summed E-state index contributed by atoms with van der Waals surface area (Å²) < 4.78 is 17.2. The molecule has 0 aromatic heterocycles. The fraction of sp³-hybridized carbons (Fsp3) is 0.520. The zero-order valence-electron chi connectivity index (χ0n) is 18.5. The van der Waals surface area contributed by atoms with Gasteiger partial charge in [-0.15, -0.1) is 0 Å². The van der Waals surface area contributed by atoms with Crippen molar-refractivity contribution in [1.29, 1.82) is 0 Å². The second-order valence-corrected chi connectivity index (χ2v) is 9.45. The summed E-state index contributed by atoms with van der Waals surface area (Å²) in [5.41, 5.74) is 1.73. The molecule has 0 aliphatic rings. The van der Waals surface area contributed by atoms with Crippen molar-refractivity contribution in [3.63, 3.8) is 0 Å². The predicted octanol–water partition coefficient (Wildman–Crippen LogP) is 6.68. The van der Waals surface area contributed by atoms with Crippen LogP contribution in [0.25, 0.3) is 0 Å². The monoisotopic (exact) mass is 384 g/mol. The van der Waals surface area contributed by atoms with Gasteiger partial charge in [-0.05, 0) is 53.5 Å². The molecule has 0 fully saturated rings. The van der Waals surface area contributed by atoms with Gasteiger partial charge >= 0.3 is 0 Å². The second kappa shape index (κ2) is 9.47. The molecule has 0 amide bonds. The van der Waals surface area contributed by atoms with Crippen LogP contribution in [0, 0.1) is 10.8 Å². The molecule has 2 aromatic rings. The van der Waals surface area contributed by atoms with Crippen LogP contribution in [0.3, 0.4) is 0 Å². The lowest BCUT2D eigenvalue weighted by Crippen LogP contribution is -2.30. The van der Waals surface area contributed by atoms with Crippen LogP contribution in [0.5, 0.6) is 11.5 Å². The van der Waals surface area contributed by atoms with E-state index >= 15 is 0 Å². The highest BCUT2D eigenvalue weighted by molar-refractivity contribution is 5.31. The Labute approximate surface area is 171 Å². The minimum absolute atomic E-state index is 0.190. The van der Waals surface area contributed by atoms with E-state index in [4.69, 9.17) is 14.2 Å². The molecule has 2 rings (SSSR count). The lowest BCUT2D eigenvalue weighted by molar-refractivity contribution is -0.0739. The zero-order chi connectivity index (χ0) is 20.8. The molecular formula is C25H36O3. The Bertz CT molecular complexity index is 679. The summed E-state index contributed by atoms with van der Waals surface area (Å²) in [7, 11) is 0. The third-order valence-electron chi connectivity index (χ3n) is 4.70. The molecule has 2 aromatic carbocycles. The lowest BCUT2D eigenvalue weighted by Gasteiger charge is -2.41. The maximum Gasteiger partial charge on any atom is 0.197 e. The van der Waals surface area contributed by atoms with Gasteiger partial charge in [0, 0.05) is 0 Å². The Morgan fingerprint density at radius 3 is 1.82 bits per heavy atom. The molecule has 3 heteroatoms. The molecule has 3 nitrogen and oxygen atoms in total. The average molecular weight is 385 g/mol. The number of ether oxygens (including phenoxy) is 3. The van der Waals surface area contributed by atoms with Crippen molar-refractivity contribution < 1.29 is 14.2 Å². The third-order valence-corrected chi connectivity index (χ3v) is 4.70. The summed E-state index contributed by atoms with van der Waals surface area (Å²) in [6.07, 6.45) is -0.328. The molecule has 0 aliphatic carbocycles. The van der Waals surface area contributed by atoms with Gasteiger partial charge in [0.2, 0.25) is 0 Å². The summed E-state index contributed by atoms with van der Waals surface area (Å²) in [6, 6.07) is 18.2. The van der Waals surface area contributed by atoms with E-state index in [1.807, 2.05) is 49.4 Å². The van der Waals surface area contributed by atoms with E-state index < -0.39 is 0 Å². The normalized spacial score (nSPS) is 13.4. The van der Waals surface area contributed by atoms with E-state index in [1.165, 1.54) is 5.56 Å². The van der Waals surface area contributed by atoms with Crippen LogP contribution in [-0.4, -0.2) is 19.5 Å². The summed E-state index contributed by atoms with van der Waals surface area (Å²) in [5.74, 6) is 2.13. The van der Waals surface area contributed by atoms with Gasteiger partial charge in [0.25, 0.3) is 0 Å². The van der Waals surface area contributed by atoms with Gasteiger partial charge in [0.05, 0.1) is 6.61 Å². The SMILES string of the molecule is CC(OCCOc1ccccc1)Oc1ccc(C(C(C)(C)C)C(C)(C)C)cc1. The summed E-state index contributed by atoms with van der Waals surface area (Å²) in [6.45, 7) is 16.7. The summed E-state index contributed by atoms with van der Waals surface area (Å²) >= 11 is 0. The van der Waals surface area contributed by atoms with Gasteiger partial charge < -0.3 is 14.2 Å². The topological polar surface area (TPSA) is 27.7 Å². The highest BCUT2D eigenvalue weighted by atomic mass is 16.7. The van der Waals surface area contributed by atoms with Crippen LogP contribution in [0.15, 0.2) is 54.6 Å². The number of hydrogen-bond donors (Lipinski definition) is 0. The molecule has 0 saturated carbocycles. The fourth-order valence-electron chi connectivity index (χ4n) is 4.15. The first-order chi connectivity index (χ1) is 13.1. The Hall–Kier alpha value is -2.00. The van der Waals surface area contributed by atoms with Crippen molar-refractivity contribution in [1.82, 2.24) is 0 Å². The first kappa shape index (κ1) is 22.3. The van der Waals surface area contributed by atoms with E-state index in [0.717, 1.165) is 11.5 Å². The summed E-state index contributed by atoms with van der Waals surface area (Å²) in [4.78, 5) is 0. The van der Waals surface area contributed by atoms with Crippen LogP contribution >= 0.6 is 0 Å². The van der Waals surface area contributed by atoms with E-state index in [9.17, 15) is 0 Å². The molecule has 0 heterocycles. The Morgan fingerprint density at radius 1 is 0.714 bits per heavy atom. The van der Waals surface area contributed by atoms with Gasteiger partial charge in [-0.25, -0.2) is 0 Å². The second-order valence-electron chi connectivity index (χ2n) is 9.45. The maximum atomic E-state index is 5.89. The lowest BCUT2D eigenvalue weighted by atomic mass is 9.64. The smallest absolute Gasteiger partial charge is 0.197 e. The number of benzene rings is 2. The Morgan fingerprint density at radius 2 is 1.29 bits per heavy atom. The van der Waals surface area contributed by atoms with Crippen molar-refractivity contribution in [3.8, 4) is 11.5 Å². The molecule has 1 unspecified atom stereocenters. The highest BCUT2D eigenvalue weighted by Crippen LogP contribution is 2.47. The largest absolute Gasteiger partial charge is 0.491 e. The molecular weight excluding hydrogens is 348 g/mol. The standard InChI is InChI=1S/C25H36O3/c1-19(26-17-18-27-21-11-9-8-10-12-21)28-22-15-13-20(14-16-22)23(24(2,3)4)25(5,6)7/h8-16,19,23H,17-18H2,1-7H3. The van der Waals surface area contributed by atoms with Gasteiger partial charge in [-0.3, -0.25) is 0 Å². The van der Waals surface area contributed by atoms with E-state index in [1.54, 1.807) is 0 Å². The maximum absolute atomic E-state index is 5.89. The van der Waals surface area contributed by atoms with Gasteiger partial charge in [0.1, 0.15) is 18.1 Å². The minimum atomic E-state index is -0.328. The van der Waals surface area contributed by atoms with Crippen LogP contribution in [-0.2, 0) is 4.74 Å². The Kier molecular flexibility index (Phi) is 7.54. The first-order valence-electron chi connectivity index (χ1n) is 10.1. The quantitative estimate of drug-likeness (QED) is 0.375. The number of rotatable bonds is 8. The van der Waals surface area contributed by atoms with E-state index in [0.29, 0.717) is 19.1 Å². The average Bonchev–Trinajstić information content (AvgIpc) is 2.59. The zero-order valence-corrected chi connectivity index (χ0v) is 18.5. The van der Waals surface area contributed by atoms with Crippen molar-refractivity contribution in [2.75, 3.05) is 13.2 Å². The van der Waals surface area contributed by atoms with E-state index in [-0.39, 0.29) is 17.1 Å². The van der Waals surface area contributed by atoms with Gasteiger partial charge in [0.15, 0.2) is 6.29 Å². The first-order valence-corrected chi connectivity index (χ1v) is 10.1. The molecule has 0 radical (unpaired) electrons. The molecule has 0 aliphatic heterocycles. The van der Waals surface area contributed by atoms with Crippen molar-refractivity contribution >= 4 is 0 Å². The molecule has 0 bridgehead atoms. The fourth-order valence-corrected chi connectivity index (χ4v) is 4.15. The molecule has 1 atom stereocenters. The third kappa shape index (κ3) is 6.87. The molecule has 0 saturated heterocycles.